The number of ether oxygens (including phenoxy) is 2. The number of anilines is 2. The van der Waals surface area contributed by atoms with E-state index in [1.54, 1.807) is 62.6 Å². The molecule has 1 atom stereocenters. The summed E-state index contributed by atoms with van der Waals surface area (Å²) in [6.07, 6.45) is -0.233. The molecule has 0 unspecified atom stereocenters. The Balaban J connectivity index is 1.54. The van der Waals surface area contributed by atoms with Gasteiger partial charge in [0.2, 0.25) is 5.91 Å². The number of urea groups is 1. The van der Waals surface area contributed by atoms with Crippen LogP contribution in [0, 0.1) is 6.92 Å². The van der Waals surface area contributed by atoms with Crippen LogP contribution in [0.3, 0.4) is 0 Å². The molecule has 3 aromatic carbocycles. The highest BCUT2D eigenvalue weighted by atomic mass is 16.5. The molecule has 1 aliphatic rings. The SMILES string of the molecule is CCOC(=O)c1ccc(NC(=O)C[C@@H]2C(=O)N(c3ccc(C)cc3)C(=O)N2Cc2ccc(OC)cc2)cc1. The number of carbonyl (C=O) groups excluding carboxylic acids is 4. The Labute approximate surface area is 220 Å². The fourth-order valence-electron chi connectivity index (χ4n) is 4.16. The Morgan fingerprint density at radius 1 is 0.921 bits per heavy atom. The highest BCUT2D eigenvalue weighted by Crippen LogP contribution is 2.29. The lowest BCUT2D eigenvalue weighted by Gasteiger charge is -2.22. The van der Waals surface area contributed by atoms with Crippen molar-refractivity contribution in [2.75, 3.05) is 23.9 Å². The van der Waals surface area contributed by atoms with Crippen molar-refractivity contribution in [3.8, 4) is 5.75 Å². The first kappa shape index (κ1) is 26.4. The highest BCUT2D eigenvalue weighted by Gasteiger charge is 2.46. The van der Waals surface area contributed by atoms with Gasteiger partial charge in [-0.05, 0) is 67.9 Å². The molecule has 1 N–H and O–H groups in total. The Kier molecular flexibility index (Phi) is 8.06. The minimum Gasteiger partial charge on any atom is -0.497 e. The van der Waals surface area contributed by atoms with E-state index >= 15 is 0 Å². The van der Waals surface area contributed by atoms with E-state index in [1.165, 1.54) is 4.90 Å². The second-order valence-electron chi connectivity index (χ2n) is 8.83. The number of nitrogens with zero attached hydrogens (tertiary/aromatic N) is 2. The van der Waals surface area contributed by atoms with Gasteiger partial charge in [-0.1, -0.05) is 29.8 Å². The van der Waals surface area contributed by atoms with Gasteiger partial charge in [-0.3, -0.25) is 9.59 Å². The summed E-state index contributed by atoms with van der Waals surface area (Å²) in [6, 6.07) is 19.0. The van der Waals surface area contributed by atoms with Crippen molar-refractivity contribution in [2.24, 2.45) is 0 Å². The zero-order valence-corrected chi connectivity index (χ0v) is 21.5. The van der Waals surface area contributed by atoms with Gasteiger partial charge in [0, 0.05) is 12.2 Å². The number of benzene rings is 3. The Hall–Kier alpha value is -4.66. The van der Waals surface area contributed by atoms with E-state index in [9.17, 15) is 19.2 Å². The van der Waals surface area contributed by atoms with Crippen molar-refractivity contribution >= 4 is 35.2 Å². The van der Waals surface area contributed by atoms with Gasteiger partial charge in [-0.25, -0.2) is 14.5 Å². The van der Waals surface area contributed by atoms with Crippen molar-refractivity contribution in [3.63, 3.8) is 0 Å². The summed E-state index contributed by atoms with van der Waals surface area (Å²) in [4.78, 5) is 54.3. The molecule has 1 saturated heterocycles. The predicted molar refractivity (Wildman–Crippen MR) is 142 cm³/mol. The summed E-state index contributed by atoms with van der Waals surface area (Å²) in [6.45, 7) is 4.04. The number of aryl methyl sites for hydroxylation is 1. The minimum atomic E-state index is -0.996. The number of nitrogens with one attached hydrogen (secondary N) is 1. The summed E-state index contributed by atoms with van der Waals surface area (Å²) in [5.74, 6) is -0.694. The first-order valence-electron chi connectivity index (χ1n) is 12.2. The van der Waals surface area contributed by atoms with E-state index in [1.807, 2.05) is 31.2 Å². The van der Waals surface area contributed by atoms with Crippen molar-refractivity contribution in [3.05, 3.63) is 89.5 Å². The maximum atomic E-state index is 13.5. The van der Waals surface area contributed by atoms with Gasteiger partial charge in [0.05, 0.1) is 31.4 Å². The average molecular weight is 516 g/mol. The summed E-state index contributed by atoms with van der Waals surface area (Å²) in [5.41, 5.74) is 3.05. The number of amides is 4. The van der Waals surface area contributed by atoms with Gasteiger partial charge in [-0.15, -0.1) is 0 Å². The quantitative estimate of drug-likeness (QED) is 0.331. The molecular weight excluding hydrogens is 486 g/mol. The standard InChI is InChI=1S/C29H29N3O6/c1-4-38-28(35)21-9-11-22(12-10-21)30-26(33)17-25-27(34)32(23-13-5-19(2)6-14-23)29(36)31(25)18-20-7-15-24(37-3)16-8-20/h5-16,25H,4,17-18H2,1-3H3,(H,30,33)/t25-/m1/s1. The zero-order valence-electron chi connectivity index (χ0n) is 21.5. The van der Waals surface area contributed by atoms with Crippen LogP contribution in [0.5, 0.6) is 5.75 Å². The maximum Gasteiger partial charge on any atom is 0.338 e. The van der Waals surface area contributed by atoms with Crippen molar-refractivity contribution in [1.29, 1.82) is 0 Å². The monoisotopic (exact) mass is 515 g/mol. The predicted octanol–water partition coefficient (Wildman–Crippen LogP) is 4.55. The smallest absolute Gasteiger partial charge is 0.338 e. The van der Waals surface area contributed by atoms with Gasteiger partial charge >= 0.3 is 12.0 Å². The minimum absolute atomic E-state index is 0.142. The van der Waals surface area contributed by atoms with Crippen molar-refractivity contribution in [2.45, 2.75) is 32.9 Å². The largest absolute Gasteiger partial charge is 0.497 e. The van der Waals surface area contributed by atoms with E-state index in [4.69, 9.17) is 9.47 Å². The third-order valence-corrected chi connectivity index (χ3v) is 6.18. The molecule has 1 heterocycles. The lowest BCUT2D eigenvalue weighted by atomic mass is 10.1. The Morgan fingerprint density at radius 2 is 1.58 bits per heavy atom. The molecule has 4 amide bonds. The number of rotatable bonds is 9. The van der Waals surface area contributed by atoms with Gasteiger partial charge in [0.1, 0.15) is 11.8 Å². The molecule has 38 heavy (non-hydrogen) atoms. The van der Waals surface area contributed by atoms with E-state index in [0.717, 1.165) is 16.0 Å². The molecule has 0 radical (unpaired) electrons. The van der Waals surface area contributed by atoms with Crippen LogP contribution in [-0.4, -0.2) is 48.5 Å². The topological polar surface area (TPSA) is 105 Å². The van der Waals surface area contributed by atoms with E-state index in [-0.39, 0.29) is 19.6 Å². The highest BCUT2D eigenvalue weighted by molar-refractivity contribution is 6.22. The molecule has 9 nitrogen and oxygen atoms in total. The second-order valence-corrected chi connectivity index (χ2v) is 8.83. The summed E-state index contributed by atoms with van der Waals surface area (Å²) in [5, 5.41) is 2.75. The Morgan fingerprint density at radius 3 is 2.18 bits per heavy atom. The molecule has 0 aromatic heterocycles. The van der Waals surface area contributed by atoms with Crippen LogP contribution in [0.4, 0.5) is 16.2 Å². The maximum absolute atomic E-state index is 13.5. The molecule has 0 bridgehead atoms. The van der Waals surface area contributed by atoms with Gasteiger partial charge < -0.3 is 19.7 Å². The van der Waals surface area contributed by atoms with Gasteiger partial charge in [-0.2, -0.15) is 0 Å². The van der Waals surface area contributed by atoms with E-state index < -0.39 is 29.9 Å². The van der Waals surface area contributed by atoms with E-state index in [2.05, 4.69) is 5.32 Å². The fourth-order valence-corrected chi connectivity index (χ4v) is 4.16. The molecule has 1 aliphatic heterocycles. The van der Waals surface area contributed by atoms with Crippen LogP contribution in [0.15, 0.2) is 72.8 Å². The van der Waals surface area contributed by atoms with E-state index in [0.29, 0.717) is 22.7 Å². The molecule has 4 rings (SSSR count). The first-order chi connectivity index (χ1) is 18.3. The lowest BCUT2D eigenvalue weighted by Crippen LogP contribution is -2.37. The summed E-state index contributed by atoms with van der Waals surface area (Å²) >= 11 is 0. The van der Waals surface area contributed by atoms with Gasteiger partial charge in [0.25, 0.3) is 5.91 Å². The molecule has 3 aromatic rings. The zero-order chi connectivity index (χ0) is 27.2. The van der Waals surface area contributed by atoms with Crippen LogP contribution in [0.25, 0.3) is 0 Å². The van der Waals surface area contributed by atoms with Crippen LogP contribution in [-0.2, 0) is 20.9 Å². The lowest BCUT2D eigenvalue weighted by molar-refractivity contribution is -0.124. The molecular formula is C29H29N3O6. The van der Waals surface area contributed by atoms with Crippen LogP contribution < -0.4 is 15.0 Å². The number of carbonyl (C=O) groups is 4. The first-order valence-corrected chi connectivity index (χ1v) is 12.2. The van der Waals surface area contributed by atoms with Crippen LogP contribution in [0.1, 0.15) is 34.8 Å². The summed E-state index contributed by atoms with van der Waals surface area (Å²) < 4.78 is 10.2. The molecule has 0 aliphatic carbocycles. The number of esters is 1. The second kappa shape index (κ2) is 11.6. The van der Waals surface area contributed by atoms with Crippen molar-refractivity contribution < 1.29 is 28.7 Å². The number of imide groups is 1. The number of hydrogen-bond donors (Lipinski definition) is 1. The normalized spacial score (nSPS) is 15.0. The van der Waals surface area contributed by atoms with Gasteiger partial charge in [0.15, 0.2) is 0 Å². The molecule has 9 heteroatoms. The molecule has 1 fully saturated rings. The Bertz CT molecular complexity index is 1320. The van der Waals surface area contributed by atoms with Crippen LogP contribution in [0.2, 0.25) is 0 Å². The molecule has 0 saturated carbocycles. The molecule has 0 spiro atoms. The van der Waals surface area contributed by atoms with Crippen molar-refractivity contribution in [1.82, 2.24) is 4.90 Å². The van der Waals surface area contributed by atoms with Crippen LogP contribution >= 0.6 is 0 Å². The molecule has 196 valence electrons. The number of methoxy groups -OCH3 is 1. The summed E-state index contributed by atoms with van der Waals surface area (Å²) in [7, 11) is 1.57. The fraction of sp³-hybridized carbons (Fsp3) is 0.241. The number of hydrogen-bond acceptors (Lipinski definition) is 6. The third kappa shape index (κ3) is 5.83. The third-order valence-electron chi connectivity index (χ3n) is 6.18. The average Bonchev–Trinajstić information content (AvgIpc) is 3.14.